The molecule has 0 bridgehead atoms. The Morgan fingerprint density at radius 2 is 1.76 bits per heavy atom. The van der Waals surface area contributed by atoms with Crippen LogP contribution in [0, 0.1) is 0 Å². The highest BCUT2D eigenvalue weighted by atomic mass is 35.5. The van der Waals surface area contributed by atoms with Gasteiger partial charge in [-0.15, -0.1) is 0 Å². The molecule has 0 saturated heterocycles. The summed E-state index contributed by atoms with van der Waals surface area (Å²) < 4.78 is 12.6. The topological polar surface area (TPSA) is 50.8 Å². The van der Waals surface area contributed by atoms with Crippen molar-refractivity contribution in [2.75, 3.05) is 11.4 Å². The van der Waals surface area contributed by atoms with Crippen LogP contribution >= 0.6 is 23.8 Å². The minimum Gasteiger partial charge on any atom is -0.455 e. The van der Waals surface area contributed by atoms with Crippen molar-refractivity contribution in [3.8, 4) is 11.5 Å². The number of anilines is 1. The number of nitrogens with one attached hydrogen (secondary N) is 1. The van der Waals surface area contributed by atoms with Gasteiger partial charge in [0.05, 0.1) is 5.69 Å². The number of nitrogens with zero attached hydrogens (tertiary/aromatic N) is 1. The van der Waals surface area contributed by atoms with Crippen molar-refractivity contribution in [2.45, 2.75) is 65.1 Å². The molecule has 1 heterocycles. The van der Waals surface area contributed by atoms with Crippen molar-refractivity contribution < 1.29 is 14.3 Å². The quantitative estimate of drug-likeness (QED) is 0.230. The molecule has 1 aliphatic rings. The number of fused-ring (bicyclic) bond motifs is 1. The van der Waals surface area contributed by atoms with Crippen LogP contribution in [0.1, 0.15) is 68.4 Å². The van der Waals surface area contributed by atoms with Gasteiger partial charge in [-0.25, -0.2) is 0 Å². The van der Waals surface area contributed by atoms with E-state index in [4.69, 9.17) is 33.3 Å². The Morgan fingerprint density at radius 1 is 1.05 bits per heavy atom. The molecule has 38 heavy (non-hydrogen) atoms. The molecule has 1 unspecified atom stereocenters. The van der Waals surface area contributed by atoms with E-state index in [-0.39, 0.29) is 11.3 Å². The zero-order chi connectivity index (χ0) is 27.3. The van der Waals surface area contributed by atoms with Crippen molar-refractivity contribution in [3.05, 3.63) is 88.4 Å². The molecule has 0 saturated carbocycles. The Bertz CT molecular complexity index is 1270. The second kappa shape index (κ2) is 12.2. The summed E-state index contributed by atoms with van der Waals surface area (Å²) in [6.07, 6.45) is 3.10. The molecule has 0 spiro atoms. The molecule has 1 atom stereocenters. The van der Waals surface area contributed by atoms with Gasteiger partial charge in [0.25, 0.3) is 5.91 Å². The fraction of sp³-hybridized carbons (Fsp3) is 0.355. The number of hydrogen-bond donors (Lipinski definition) is 1. The predicted molar refractivity (Wildman–Crippen MR) is 159 cm³/mol. The number of benzene rings is 3. The predicted octanol–water partition coefficient (Wildman–Crippen LogP) is 7.69. The van der Waals surface area contributed by atoms with Gasteiger partial charge in [-0.05, 0) is 84.6 Å². The van der Waals surface area contributed by atoms with Crippen LogP contribution in [0.5, 0.6) is 11.5 Å². The normalized spacial score (nSPS) is 13.6. The van der Waals surface area contributed by atoms with E-state index in [0.717, 1.165) is 42.7 Å². The van der Waals surface area contributed by atoms with Crippen LogP contribution in [0.2, 0.25) is 5.02 Å². The number of hydrogen-bond acceptors (Lipinski definition) is 4. The second-order valence-electron chi connectivity index (χ2n) is 10.5. The summed E-state index contributed by atoms with van der Waals surface area (Å²) >= 11 is 11.7. The smallest absolute Gasteiger partial charge is 0.257 e. The molecule has 3 aromatic rings. The lowest BCUT2D eigenvalue weighted by atomic mass is 9.87. The first-order valence-electron chi connectivity index (χ1n) is 13.1. The molecular formula is C31H35ClN2O3S. The van der Waals surface area contributed by atoms with Crippen LogP contribution in [0.4, 0.5) is 5.69 Å². The second-order valence-corrected chi connectivity index (χ2v) is 11.3. The standard InChI is InChI=1S/C31H35ClN2O3S/c1-5-6-10-28(36-24-17-15-23(32)16-18-24)37-27-9-7-8-26-25(27)19-20-34(26)30(38)33-29(35)21-11-13-22(14-12-21)31(2,3)4/h7-9,11-18,28H,5-6,10,19-20H2,1-4H3,(H,33,35,38). The summed E-state index contributed by atoms with van der Waals surface area (Å²) in [5.74, 6) is 1.27. The molecule has 0 radical (unpaired) electrons. The number of unbranched alkanes of at least 4 members (excludes halogenated alkanes) is 1. The van der Waals surface area contributed by atoms with Crippen LogP contribution in [0.3, 0.4) is 0 Å². The van der Waals surface area contributed by atoms with Gasteiger partial charge in [-0.2, -0.15) is 0 Å². The summed E-state index contributed by atoms with van der Waals surface area (Å²) in [6, 6.07) is 20.9. The van der Waals surface area contributed by atoms with E-state index < -0.39 is 6.29 Å². The summed E-state index contributed by atoms with van der Waals surface area (Å²) in [4.78, 5) is 14.9. The first-order chi connectivity index (χ1) is 18.2. The zero-order valence-corrected chi connectivity index (χ0v) is 24.0. The maximum absolute atomic E-state index is 12.9. The maximum Gasteiger partial charge on any atom is 0.257 e. The molecule has 1 amide bonds. The average Bonchev–Trinajstić information content (AvgIpc) is 3.33. The molecule has 4 rings (SSSR count). The van der Waals surface area contributed by atoms with Gasteiger partial charge in [0.2, 0.25) is 6.29 Å². The Balaban J connectivity index is 1.46. The third-order valence-corrected chi connectivity index (χ3v) is 7.17. The Labute approximate surface area is 236 Å². The molecule has 0 fully saturated rings. The van der Waals surface area contributed by atoms with E-state index >= 15 is 0 Å². The Morgan fingerprint density at radius 3 is 2.42 bits per heavy atom. The lowest BCUT2D eigenvalue weighted by molar-refractivity contribution is -0.00265. The fourth-order valence-corrected chi connectivity index (χ4v) is 4.81. The third kappa shape index (κ3) is 6.86. The Hall–Kier alpha value is -3.09. The minimum absolute atomic E-state index is 0.0265. The number of rotatable bonds is 8. The summed E-state index contributed by atoms with van der Waals surface area (Å²) in [5.41, 5.74) is 3.78. The number of halogens is 1. The zero-order valence-electron chi connectivity index (χ0n) is 22.4. The molecule has 1 N–H and O–H groups in total. The van der Waals surface area contributed by atoms with Gasteiger partial charge in [0.1, 0.15) is 11.5 Å². The number of carbonyl (C=O) groups is 1. The van der Waals surface area contributed by atoms with Gasteiger partial charge < -0.3 is 14.4 Å². The van der Waals surface area contributed by atoms with E-state index in [9.17, 15) is 4.79 Å². The highest BCUT2D eigenvalue weighted by molar-refractivity contribution is 7.80. The average molecular weight is 551 g/mol. The number of amides is 1. The molecule has 1 aliphatic heterocycles. The molecule has 0 aromatic heterocycles. The molecule has 5 nitrogen and oxygen atoms in total. The van der Waals surface area contributed by atoms with E-state index in [1.54, 1.807) is 12.1 Å². The SMILES string of the molecule is CCCCC(Oc1ccc(Cl)cc1)Oc1cccc2c1CCN2C(=S)NC(=O)c1ccc(C(C)(C)C)cc1. The van der Waals surface area contributed by atoms with Crippen LogP contribution in [0.25, 0.3) is 0 Å². The maximum atomic E-state index is 12.9. The van der Waals surface area contributed by atoms with Crippen LogP contribution in [0.15, 0.2) is 66.7 Å². The lowest BCUT2D eigenvalue weighted by Gasteiger charge is -2.23. The van der Waals surface area contributed by atoms with Crippen LogP contribution < -0.4 is 19.7 Å². The van der Waals surface area contributed by atoms with Crippen molar-refractivity contribution in [2.24, 2.45) is 0 Å². The van der Waals surface area contributed by atoms with E-state index in [2.05, 4.69) is 33.0 Å². The molecule has 3 aromatic carbocycles. The third-order valence-electron chi connectivity index (χ3n) is 6.60. The molecule has 200 valence electrons. The van der Waals surface area contributed by atoms with E-state index in [1.165, 1.54) is 5.56 Å². The lowest BCUT2D eigenvalue weighted by Crippen LogP contribution is -2.42. The molecule has 0 aliphatic carbocycles. The van der Waals surface area contributed by atoms with Crippen molar-refractivity contribution in [1.29, 1.82) is 0 Å². The van der Waals surface area contributed by atoms with Gasteiger partial charge in [-0.1, -0.05) is 63.9 Å². The van der Waals surface area contributed by atoms with Crippen LogP contribution in [-0.4, -0.2) is 23.9 Å². The molecular weight excluding hydrogens is 516 g/mol. The van der Waals surface area contributed by atoms with Gasteiger partial charge in [0, 0.05) is 29.1 Å². The van der Waals surface area contributed by atoms with Gasteiger partial charge in [0.15, 0.2) is 5.11 Å². The highest BCUT2D eigenvalue weighted by Crippen LogP contribution is 2.36. The molecule has 7 heteroatoms. The summed E-state index contributed by atoms with van der Waals surface area (Å²) in [5, 5.41) is 3.95. The highest BCUT2D eigenvalue weighted by Gasteiger charge is 2.27. The van der Waals surface area contributed by atoms with Crippen LogP contribution in [-0.2, 0) is 11.8 Å². The number of ether oxygens (including phenoxy) is 2. The minimum atomic E-state index is -0.431. The first-order valence-corrected chi connectivity index (χ1v) is 13.9. The summed E-state index contributed by atoms with van der Waals surface area (Å²) in [7, 11) is 0. The Kier molecular flexibility index (Phi) is 8.95. The van der Waals surface area contributed by atoms with E-state index in [1.807, 2.05) is 59.5 Å². The van der Waals surface area contributed by atoms with Crippen molar-refractivity contribution in [3.63, 3.8) is 0 Å². The van der Waals surface area contributed by atoms with Crippen molar-refractivity contribution in [1.82, 2.24) is 5.32 Å². The summed E-state index contributed by atoms with van der Waals surface area (Å²) in [6.45, 7) is 9.25. The fourth-order valence-electron chi connectivity index (χ4n) is 4.40. The van der Waals surface area contributed by atoms with E-state index in [0.29, 0.717) is 28.0 Å². The number of thiocarbonyl (C=S) groups is 1. The monoisotopic (exact) mass is 550 g/mol. The van der Waals surface area contributed by atoms with Gasteiger partial charge in [-0.3, -0.25) is 10.1 Å². The first kappa shape index (κ1) is 27.9. The van der Waals surface area contributed by atoms with Crippen molar-refractivity contribution >= 4 is 40.5 Å². The van der Waals surface area contributed by atoms with Gasteiger partial charge >= 0.3 is 0 Å². The largest absolute Gasteiger partial charge is 0.455 e. The number of carbonyl (C=O) groups excluding carboxylic acids is 1.